The van der Waals surface area contributed by atoms with E-state index in [4.69, 9.17) is 11.5 Å². The molecule has 2 fully saturated rings. The summed E-state index contributed by atoms with van der Waals surface area (Å²) >= 11 is 2.16. The van der Waals surface area contributed by atoms with Crippen LogP contribution >= 0.6 is 22.6 Å². The molecule has 418 valence electrons. The molecule has 10 atom stereocenters. The molecule has 0 aliphatic heterocycles. The molecule has 2 saturated carbocycles. The number of hydrogen-bond acceptors (Lipinski definition) is 18. The van der Waals surface area contributed by atoms with Gasteiger partial charge in [0.05, 0.1) is 56.1 Å². The fraction of sp³-hybridized carbons (Fsp3) is 0.462. The zero-order chi connectivity index (χ0) is 57.3. The SMILES string of the molecule is CC(NC(=O)n1nnc2ccccc21)C(=O)CC1C(=O)C(N[C@@H](C=O)CCC(N)=O)CCC1C.CC(NC(=O)n1nnc2ccccc21)C(=O)CS(=O)(=O)c1ccccc1.CC1CCC(N[C@@H](C=O)CCC(N)=O)C(=O)C1I. The number of rotatable bonds is 21. The van der Waals surface area contributed by atoms with E-state index >= 15 is 0 Å². The number of sulfone groups is 1. The Morgan fingerprint density at radius 1 is 0.654 bits per heavy atom. The molecule has 2 aliphatic carbocycles. The number of hydrogen-bond donors (Lipinski definition) is 6. The summed E-state index contributed by atoms with van der Waals surface area (Å²) in [6, 6.07) is 16.5. The van der Waals surface area contributed by atoms with Gasteiger partial charge in [-0.05, 0) is 101 Å². The molecule has 78 heavy (non-hydrogen) atoms. The lowest BCUT2D eigenvalue weighted by Crippen LogP contribution is -2.51. The summed E-state index contributed by atoms with van der Waals surface area (Å²) < 4.78 is 26.7. The number of para-hydroxylation sites is 2. The molecule has 2 heterocycles. The summed E-state index contributed by atoms with van der Waals surface area (Å²) in [5.74, 6) is -2.69. The Balaban J connectivity index is 0.000000226. The highest BCUT2D eigenvalue weighted by Gasteiger charge is 2.39. The third-order valence-corrected chi connectivity index (χ3v) is 17.0. The van der Waals surface area contributed by atoms with Crippen molar-refractivity contribution in [2.45, 2.75) is 131 Å². The fourth-order valence-electron chi connectivity index (χ4n) is 8.74. The molecular weight excluding hydrogens is 1140 g/mol. The molecular formula is C52H65IN12O12S. The number of carbonyl (C=O) groups is 10. The van der Waals surface area contributed by atoms with Gasteiger partial charge in [-0.1, -0.05) is 89.3 Å². The molecule has 8 unspecified atom stereocenters. The Hall–Kier alpha value is -7.04. The van der Waals surface area contributed by atoms with Crippen molar-refractivity contribution in [1.82, 2.24) is 51.3 Å². The highest BCUT2D eigenvalue weighted by molar-refractivity contribution is 14.1. The zero-order valence-electron chi connectivity index (χ0n) is 43.5. The number of carbonyl (C=O) groups excluding carboxylic acids is 10. The molecule has 2 aliphatic rings. The molecule has 0 spiro atoms. The molecule has 7 rings (SSSR count). The van der Waals surface area contributed by atoms with E-state index in [1.165, 1.54) is 19.1 Å². The van der Waals surface area contributed by atoms with Crippen LogP contribution in [0.5, 0.6) is 0 Å². The van der Waals surface area contributed by atoms with Crippen LogP contribution in [0.1, 0.15) is 85.5 Å². The summed E-state index contributed by atoms with van der Waals surface area (Å²) in [5, 5.41) is 26.5. The number of halogens is 1. The van der Waals surface area contributed by atoms with Crippen molar-refractivity contribution in [1.29, 1.82) is 0 Å². The minimum Gasteiger partial charge on any atom is -0.370 e. The van der Waals surface area contributed by atoms with Gasteiger partial charge in [0.25, 0.3) is 0 Å². The number of Topliss-reactive ketones (excluding diaryl/α,β-unsaturated/α-hetero) is 4. The average molecular weight is 1210 g/mol. The molecule has 8 N–H and O–H groups in total. The number of nitrogens with one attached hydrogen (secondary N) is 4. The minimum absolute atomic E-state index is 0.00251. The Bertz CT molecular complexity index is 3080. The van der Waals surface area contributed by atoms with Crippen LogP contribution < -0.4 is 32.7 Å². The monoisotopic (exact) mass is 1210 g/mol. The summed E-state index contributed by atoms with van der Waals surface area (Å²) in [6.45, 7) is 6.98. The first-order valence-electron chi connectivity index (χ1n) is 25.3. The topological polar surface area (TPSA) is 366 Å². The van der Waals surface area contributed by atoms with Gasteiger partial charge in [-0.25, -0.2) is 18.0 Å². The predicted octanol–water partition coefficient (Wildman–Crippen LogP) is 2.74. The minimum atomic E-state index is -3.76. The first-order valence-corrected chi connectivity index (χ1v) is 28.2. The van der Waals surface area contributed by atoms with E-state index < -0.39 is 81.4 Å². The number of ketones is 4. The molecule has 2 aromatic heterocycles. The molecule has 4 amide bonds. The lowest BCUT2D eigenvalue weighted by molar-refractivity contribution is -0.134. The first-order chi connectivity index (χ1) is 37.0. The Labute approximate surface area is 463 Å². The molecule has 0 bridgehead atoms. The maximum Gasteiger partial charge on any atom is 0.344 e. The van der Waals surface area contributed by atoms with Crippen molar-refractivity contribution >= 4 is 114 Å². The standard InChI is InChI=1S/C23H30N6O5.C17H16N4O4S.C12H19IN2O3/c1-13-7-9-18(26-15(12-30)8-10-21(24)32)22(33)16(13)11-20(31)14(2)25-23(34)29-19-6-4-3-5-17(19)27-28-29;1-12(16(22)11-26(24,25)13-7-3-2-4-8-13)18-17(23)21-15-10-6-5-9-14(15)19-20-21;1-7-2-4-9(12(18)11(7)13)15-8(6-16)3-5-10(14)17/h3-6,12-16,18,26H,7-11H2,1-2H3,(H2,24,32)(H,25,34);2-10,12H,11H2,1H3,(H,18,23);6-9,11,15H,2-5H2,1H3,(H2,14,17)/t13?,14?,15-,16?,18?;;7?,8-,9?,11?/m1.1/s1. The van der Waals surface area contributed by atoms with E-state index in [2.05, 4.69) is 71.4 Å². The van der Waals surface area contributed by atoms with Crippen LogP contribution in [-0.2, 0) is 48.2 Å². The van der Waals surface area contributed by atoms with Crippen molar-refractivity contribution in [2.75, 3.05) is 5.75 Å². The van der Waals surface area contributed by atoms with Crippen LogP contribution in [0.2, 0.25) is 0 Å². The van der Waals surface area contributed by atoms with Gasteiger partial charge in [0, 0.05) is 25.2 Å². The Morgan fingerprint density at radius 3 is 1.56 bits per heavy atom. The molecule has 24 nitrogen and oxygen atoms in total. The van der Waals surface area contributed by atoms with Crippen molar-refractivity contribution < 1.29 is 56.4 Å². The fourth-order valence-corrected chi connectivity index (χ4v) is 10.9. The highest BCUT2D eigenvalue weighted by atomic mass is 127. The molecule has 5 aromatic rings. The highest BCUT2D eigenvalue weighted by Crippen LogP contribution is 2.31. The number of nitrogens with two attached hydrogens (primary N) is 2. The lowest BCUT2D eigenvalue weighted by atomic mass is 9.74. The van der Waals surface area contributed by atoms with E-state index in [1.807, 2.05) is 6.92 Å². The molecule has 3 aromatic carbocycles. The predicted molar refractivity (Wildman–Crippen MR) is 293 cm³/mol. The van der Waals surface area contributed by atoms with Crippen LogP contribution in [0.4, 0.5) is 9.59 Å². The van der Waals surface area contributed by atoms with Gasteiger partial charge in [0.2, 0.25) is 11.8 Å². The van der Waals surface area contributed by atoms with Crippen molar-refractivity contribution in [3.05, 3.63) is 78.9 Å². The Kier molecular flexibility index (Phi) is 23.0. The van der Waals surface area contributed by atoms with Gasteiger partial charge < -0.3 is 31.7 Å². The van der Waals surface area contributed by atoms with Crippen LogP contribution in [0, 0.1) is 17.8 Å². The molecule has 0 radical (unpaired) electrons. The van der Waals surface area contributed by atoms with E-state index in [9.17, 15) is 56.4 Å². The van der Waals surface area contributed by atoms with Gasteiger partial charge in [-0.15, -0.1) is 10.2 Å². The first kappa shape index (κ1) is 61.8. The second-order valence-corrected chi connectivity index (χ2v) is 22.7. The maximum atomic E-state index is 13.1. The van der Waals surface area contributed by atoms with Crippen LogP contribution in [-0.4, -0.2) is 144 Å². The third-order valence-electron chi connectivity index (χ3n) is 13.5. The summed E-state index contributed by atoms with van der Waals surface area (Å²) in [6.07, 6.45) is 5.10. The second kappa shape index (κ2) is 29.1. The van der Waals surface area contributed by atoms with Gasteiger partial charge in [0.15, 0.2) is 33.0 Å². The normalized spacial score (nSPS) is 20.8. The number of alkyl halides is 1. The van der Waals surface area contributed by atoms with Crippen molar-refractivity contribution in [3.63, 3.8) is 0 Å². The van der Waals surface area contributed by atoms with E-state index in [0.29, 0.717) is 53.5 Å². The summed E-state index contributed by atoms with van der Waals surface area (Å²) in [5.41, 5.74) is 12.3. The van der Waals surface area contributed by atoms with Gasteiger partial charge in [0.1, 0.15) is 29.4 Å². The van der Waals surface area contributed by atoms with Gasteiger partial charge in [-0.2, -0.15) is 9.36 Å². The Morgan fingerprint density at radius 2 is 1.09 bits per heavy atom. The lowest BCUT2D eigenvalue weighted by Gasteiger charge is -2.34. The number of aromatic nitrogens is 6. The number of aldehydes is 2. The van der Waals surface area contributed by atoms with Gasteiger partial charge >= 0.3 is 12.1 Å². The third kappa shape index (κ3) is 17.2. The number of primary amides is 2. The van der Waals surface area contributed by atoms with Crippen molar-refractivity contribution in [3.8, 4) is 0 Å². The number of fused-ring (bicyclic) bond motifs is 2. The number of benzene rings is 3. The smallest absolute Gasteiger partial charge is 0.344 e. The maximum absolute atomic E-state index is 13.1. The largest absolute Gasteiger partial charge is 0.370 e. The zero-order valence-corrected chi connectivity index (χ0v) is 46.5. The molecule has 26 heteroatoms. The van der Waals surface area contributed by atoms with Crippen LogP contribution in [0.15, 0.2) is 83.8 Å². The summed E-state index contributed by atoms with van der Waals surface area (Å²) in [4.78, 5) is 119. The number of amides is 4. The quantitative estimate of drug-likeness (QED) is 0.0349. The van der Waals surface area contributed by atoms with Gasteiger partial charge in [-0.3, -0.25) is 39.4 Å². The average Bonchev–Trinajstić information content (AvgIpc) is 4.07. The van der Waals surface area contributed by atoms with Crippen LogP contribution in [0.3, 0.4) is 0 Å². The molecule has 0 saturated heterocycles. The second-order valence-electron chi connectivity index (χ2n) is 19.4. The van der Waals surface area contributed by atoms with Crippen LogP contribution in [0.25, 0.3) is 22.1 Å². The summed E-state index contributed by atoms with van der Waals surface area (Å²) in [7, 11) is -3.76. The van der Waals surface area contributed by atoms with E-state index in [0.717, 1.165) is 28.5 Å². The van der Waals surface area contributed by atoms with Crippen molar-refractivity contribution in [2.24, 2.45) is 29.2 Å². The van der Waals surface area contributed by atoms with E-state index in [1.54, 1.807) is 73.7 Å². The number of nitrogens with zero attached hydrogens (tertiary/aromatic N) is 6. The van der Waals surface area contributed by atoms with E-state index in [-0.39, 0.29) is 63.8 Å².